The van der Waals surface area contributed by atoms with Crippen LogP contribution in [0.4, 0.5) is 0 Å². The van der Waals surface area contributed by atoms with E-state index in [4.69, 9.17) is 4.74 Å². The number of rotatable bonds is 1. The van der Waals surface area contributed by atoms with Crippen molar-refractivity contribution in [2.24, 2.45) is 5.92 Å². The van der Waals surface area contributed by atoms with Gasteiger partial charge in [0.1, 0.15) is 0 Å². The number of ether oxygens (including phenoxy) is 1. The van der Waals surface area contributed by atoms with Crippen LogP contribution in [0.3, 0.4) is 0 Å². The van der Waals surface area contributed by atoms with E-state index in [2.05, 4.69) is 17.8 Å². The Labute approximate surface area is 99.6 Å². The molecule has 17 heavy (non-hydrogen) atoms. The fourth-order valence-corrected chi connectivity index (χ4v) is 2.48. The molecule has 0 saturated carbocycles. The maximum absolute atomic E-state index is 11.5. The van der Waals surface area contributed by atoms with Gasteiger partial charge in [-0.25, -0.2) is 10.2 Å². The Morgan fingerprint density at radius 2 is 1.94 bits per heavy atom. The highest BCUT2D eigenvalue weighted by Gasteiger charge is 2.41. The van der Waals surface area contributed by atoms with Gasteiger partial charge in [-0.05, 0) is 18.1 Å². The summed E-state index contributed by atoms with van der Waals surface area (Å²) in [6, 6.07) is 10.2. The predicted molar refractivity (Wildman–Crippen MR) is 63.5 cm³/mol. The van der Waals surface area contributed by atoms with E-state index in [0.29, 0.717) is 0 Å². The summed E-state index contributed by atoms with van der Waals surface area (Å²) < 4.78 is 5.24. The quantitative estimate of drug-likeness (QED) is 0.708. The van der Waals surface area contributed by atoms with E-state index < -0.39 is 0 Å². The van der Waals surface area contributed by atoms with Crippen molar-refractivity contribution in [1.82, 2.24) is 10.9 Å². The number of hydrogen-bond donors (Lipinski definition) is 2. The Hall–Kier alpha value is -1.65. The first kappa shape index (κ1) is 10.5. The Morgan fingerprint density at radius 3 is 2.71 bits per heavy atom. The highest BCUT2D eigenvalue weighted by molar-refractivity contribution is 5.94. The highest BCUT2D eigenvalue weighted by atomic mass is 16.6. The third-order valence-electron chi connectivity index (χ3n) is 3.30. The van der Waals surface area contributed by atoms with Crippen LogP contribution in [0.2, 0.25) is 0 Å². The van der Waals surface area contributed by atoms with Crippen molar-refractivity contribution in [3.05, 3.63) is 42.0 Å². The van der Waals surface area contributed by atoms with Crippen LogP contribution in [0.1, 0.15) is 12.5 Å². The summed E-state index contributed by atoms with van der Waals surface area (Å²) in [7, 11) is 0. The molecule has 0 radical (unpaired) electrons. The minimum atomic E-state index is -0.284. The summed E-state index contributed by atoms with van der Waals surface area (Å²) in [4.78, 5) is 11.5. The third-order valence-corrected chi connectivity index (χ3v) is 3.30. The number of carbonyl (C=O) groups excluding carboxylic acids is 1. The Balaban J connectivity index is 2.04. The molecule has 0 aliphatic carbocycles. The molecule has 0 aromatic heterocycles. The molecule has 3 unspecified atom stereocenters. The van der Waals surface area contributed by atoms with Gasteiger partial charge in [0.25, 0.3) is 0 Å². The number of fused-ring (bicyclic) bond motifs is 1. The lowest BCUT2D eigenvalue weighted by atomic mass is 9.86. The Kier molecular flexibility index (Phi) is 2.46. The fraction of sp³-hybridized carbons (Fsp3) is 0.308. The maximum Gasteiger partial charge on any atom is 0.332 e. The molecule has 2 aliphatic rings. The average molecular weight is 230 g/mol. The van der Waals surface area contributed by atoms with Gasteiger partial charge in [-0.1, -0.05) is 30.3 Å². The number of carbonyl (C=O) groups is 1. The van der Waals surface area contributed by atoms with Gasteiger partial charge in [-0.3, -0.25) is 5.43 Å². The first-order valence-electron chi connectivity index (χ1n) is 5.74. The Morgan fingerprint density at radius 1 is 1.18 bits per heavy atom. The third kappa shape index (κ3) is 1.75. The molecule has 0 bridgehead atoms. The number of esters is 1. The van der Waals surface area contributed by atoms with Gasteiger partial charge >= 0.3 is 5.97 Å². The molecule has 0 amide bonds. The van der Waals surface area contributed by atoms with Gasteiger partial charge in [-0.15, -0.1) is 0 Å². The smallest absolute Gasteiger partial charge is 0.332 e. The van der Waals surface area contributed by atoms with Crippen molar-refractivity contribution in [2.75, 3.05) is 0 Å². The normalized spacial score (nSPS) is 31.7. The van der Waals surface area contributed by atoms with E-state index in [9.17, 15) is 4.79 Å². The molecule has 4 nitrogen and oxygen atoms in total. The van der Waals surface area contributed by atoms with Gasteiger partial charge < -0.3 is 4.74 Å². The second kappa shape index (κ2) is 3.98. The molecule has 1 fully saturated rings. The van der Waals surface area contributed by atoms with Gasteiger partial charge in [0, 0.05) is 12.1 Å². The maximum atomic E-state index is 11.5. The van der Waals surface area contributed by atoms with Gasteiger partial charge in [0.15, 0.2) is 6.23 Å². The minimum Gasteiger partial charge on any atom is -0.441 e. The zero-order chi connectivity index (χ0) is 11.8. The fourth-order valence-electron chi connectivity index (χ4n) is 2.48. The molecule has 3 rings (SSSR count). The van der Waals surface area contributed by atoms with Gasteiger partial charge in [-0.2, -0.15) is 0 Å². The summed E-state index contributed by atoms with van der Waals surface area (Å²) in [6.45, 7) is 2.08. The first-order valence-corrected chi connectivity index (χ1v) is 5.74. The van der Waals surface area contributed by atoms with Crippen molar-refractivity contribution in [1.29, 1.82) is 0 Å². The molecular formula is C13H14N2O2. The van der Waals surface area contributed by atoms with Crippen molar-refractivity contribution in [3.8, 4) is 0 Å². The second-order valence-electron chi connectivity index (χ2n) is 4.43. The van der Waals surface area contributed by atoms with Crippen molar-refractivity contribution < 1.29 is 9.53 Å². The van der Waals surface area contributed by atoms with Crippen molar-refractivity contribution in [3.63, 3.8) is 0 Å². The molecule has 1 saturated heterocycles. The lowest BCUT2D eigenvalue weighted by Crippen LogP contribution is -2.38. The second-order valence-corrected chi connectivity index (χ2v) is 4.43. The van der Waals surface area contributed by atoms with E-state index in [0.717, 1.165) is 11.1 Å². The Bertz CT molecular complexity index is 470. The first-order chi connectivity index (χ1) is 8.25. The molecule has 3 atom stereocenters. The van der Waals surface area contributed by atoms with Crippen LogP contribution in [0.25, 0.3) is 5.57 Å². The average Bonchev–Trinajstić information content (AvgIpc) is 2.71. The molecular weight excluding hydrogens is 216 g/mol. The van der Waals surface area contributed by atoms with Crippen LogP contribution in [-0.4, -0.2) is 18.2 Å². The van der Waals surface area contributed by atoms with E-state index in [1.54, 1.807) is 6.08 Å². The summed E-state index contributed by atoms with van der Waals surface area (Å²) in [5.41, 5.74) is 8.24. The summed E-state index contributed by atoms with van der Waals surface area (Å²) >= 11 is 0. The van der Waals surface area contributed by atoms with E-state index in [1.807, 2.05) is 30.3 Å². The van der Waals surface area contributed by atoms with Crippen LogP contribution in [0.5, 0.6) is 0 Å². The number of hydrazine groups is 1. The van der Waals surface area contributed by atoms with Crippen LogP contribution in [0.15, 0.2) is 36.4 Å². The number of nitrogens with one attached hydrogen (secondary N) is 2. The standard InChI is InChI=1S/C13H14N2O2/c1-8-12-10(9-5-3-2-4-6-9)7-11(16)17-13(12)15-14-8/h2-8,12-15H,1H3. The van der Waals surface area contributed by atoms with Crippen LogP contribution in [0, 0.1) is 5.92 Å². The number of hydrogen-bond acceptors (Lipinski definition) is 4. The molecule has 2 N–H and O–H groups in total. The minimum absolute atomic E-state index is 0.162. The molecule has 1 aromatic carbocycles. The van der Waals surface area contributed by atoms with Crippen molar-refractivity contribution in [2.45, 2.75) is 19.2 Å². The monoisotopic (exact) mass is 230 g/mol. The van der Waals surface area contributed by atoms with E-state index >= 15 is 0 Å². The van der Waals surface area contributed by atoms with Crippen LogP contribution >= 0.6 is 0 Å². The molecule has 2 heterocycles. The predicted octanol–water partition coefficient (Wildman–Crippen LogP) is 1.07. The lowest BCUT2D eigenvalue weighted by molar-refractivity contribution is -0.146. The molecule has 2 aliphatic heterocycles. The highest BCUT2D eigenvalue weighted by Crippen LogP contribution is 2.34. The van der Waals surface area contributed by atoms with E-state index in [1.165, 1.54) is 0 Å². The summed E-state index contributed by atoms with van der Waals surface area (Å²) in [5, 5.41) is 0. The number of benzene rings is 1. The molecule has 1 aromatic rings. The van der Waals surface area contributed by atoms with E-state index in [-0.39, 0.29) is 24.2 Å². The zero-order valence-electron chi connectivity index (χ0n) is 9.51. The lowest BCUT2D eigenvalue weighted by Gasteiger charge is -2.27. The zero-order valence-corrected chi connectivity index (χ0v) is 9.51. The molecule has 0 spiro atoms. The summed E-state index contributed by atoms with van der Waals surface area (Å²) in [5.74, 6) is -0.122. The molecule has 4 heteroatoms. The SMILES string of the molecule is CC1NNC2OC(=O)C=C(c3ccccc3)C12. The van der Waals surface area contributed by atoms with Crippen LogP contribution < -0.4 is 10.9 Å². The topological polar surface area (TPSA) is 50.4 Å². The van der Waals surface area contributed by atoms with Crippen molar-refractivity contribution >= 4 is 11.5 Å². The van der Waals surface area contributed by atoms with Crippen LogP contribution in [-0.2, 0) is 9.53 Å². The van der Waals surface area contributed by atoms with Gasteiger partial charge in [0.05, 0.1) is 5.92 Å². The molecule has 88 valence electrons. The van der Waals surface area contributed by atoms with Gasteiger partial charge in [0.2, 0.25) is 0 Å². The summed E-state index contributed by atoms with van der Waals surface area (Å²) in [6.07, 6.45) is 1.33. The largest absolute Gasteiger partial charge is 0.441 e.